The summed E-state index contributed by atoms with van der Waals surface area (Å²) in [7, 11) is 0. The van der Waals surface area contributed by atoms with Crippen LogP contribution in [0.15, 0.2) is 54.2 Å². The molecule has 8 nitrogen and oxygen atoms in total. The summed E-state index contributed by atoms with van der Waals surface area (Å²) in [6, 6.07) is 14.8. The van der Waals surface area contributed by atoms with Crippen molar-refractivity contribution in [1.29, 1.82) is 5.26 Å². The number of nitrogens with one attached hydrogen (secondary N) is 3. The number of nitriles is 1. The van der Waals surface area contributed by atoms with Gasteiger partial charge in [0.25, 0.3) is 0 Å². The lowest BCUT2D eigenvalue weighted by Gasteiger charge is -2.14. The molecule has 0 aromatic heterocycles. The van der Waals surface area contributed by atoms with E-state index in [9.17, 15) is 4.79 Å². The highest BCUT2D eigenvalue weighted by atomic mass is 32.1. The Kier molecular flexibility index (Phi) is 7.08. The molecule has 0 unspecified atom stereocenters. The average molecular weight is 424 g/mol. The van der Waals surface area contributed by atoms with Crippen LogP contribution in [-0.2, 0) is 16.1 Å². The van der Waals surface area contributed by atoms with E-state index in [0.29, 0.717) is 28.8 Å². The van der Waals surface area contributed by atoms with Crippen LogP contribution >= 0.6 is 12.2 Å². The molecule has 0 atom stereocenters. The lowest BCUT2D eigenvalue weighted by Crippen LogP contribution is -2.28. The Bertz CT molecular complexity index is 1020. The number of anilines is 2. The smallest absolute Gasteiger partial charge is 0.350 e. The van der Waals surface area contributed by atoms with Crippen molar-refractivity contribution in [1.82, 2.24) is 5.32 Å². The first-order valence-corrected chi connectivity index (χ1v) is 9.58. The number of fused-ring (bicyclic) bond motifs is 1. The molecule has 1 aliphatic rings. The normalized spacial score (nSPS) is 11.9. The van der Waals surface area contributed by atoms with E-state index < -0.39 is 5.97 Å². The minimum atomic E-state index is -0.682. The fourth-order valence-corrected chi connectivity index (χ4v) is 2.80. The SMILES string of the molecule is CCOC(=O)C(C#N)=CNc1ccccc1NC(=S)NCc1ccc2c(c1)OCO2. The maximum absolute atomic E-state index is 11.7. The second-order valence-corrected chi connectivity index (χ2v) is 6.48. The standard InChI is InChI=1S/C21H20N4O4S/c1-2-27-20(26)15(10-22)12-23-16-5-3-4-6-17(16)25-21(30)24-11-14-7-8-18-19(9-14)29-13-28-18/h3-9,12,23H,2,11,13H2,1H3,(H2,24,25,30). The molecule has 2 aromatic rings. The topological polar surface area (TPSA) is 105 Å². The highest BCUT2D eigenvalue weighted by Gasteiger charge is 2.13. The monoisotopic (exact) mass is 424 g/mol. The largest absolute Gasteiger partial charge is 0.462 e. The van der Waals surface area contributed by atoms with Crippen molar-refractivity contribution in [2.75, 3.05) is 24.0 Å². The lowest BCUT2D eigenvalue weighted by molar-refractivity contribution is -0.138. The van der Waals surface area contributed by atoms with Crippen LogP contribution in [0.4, 0.5) is 11.4 Å². The predicted molar refractivity (Wildman–Crippen MR) is 116 cm³/mol. The predicted octanol–water partition coefficient (Wildman–Crippen LogP) is 3.28. The first kappa shape index (κ1) is 21.0. The lowest BCUT2D eigenvalue weighted by atomic mass is 10.2. The number of para-hydroxylation sites is 2. The number of benzene rings is 2. The third-order valence-corrected chi connectivity index (χ3v) is 4.30. The van der Waals surface area contributed by atoms with Gasteiger partial charge in [-0.15, -0.1) is 0 Å². The molecule has 3 rings (SSSR count). The van der Waals surface area contributed by atoms with Gasteiger partial charge in [-0.3, -0.25) is 0 Å². The summed E-state index contributed by atoms with van der Waals surface area (Å²) >= 11 is 5.38. The summed E-state index contributed by atoms with van der Waals surface area (Å²) in [6.07, 6.45) is 1.31. The van der Waals surface area contributed by atoms with Gasteiger partial charge in [-0.05, 0) is 49.0 Å². The molecule has 30 heavy (non-hydrogen) atoms. The summed E-state index contributed by atoms with van der Waals surface area (Å²) in [4.78, 5) is 11.7. The van der Waals surface area contributed by atoms with E-state index in [4.69, 9.17) is 31.7 Å². The molecule has 1 aliphatic heterocycles. The highest BCUT2D eigenvalue weighted by molar-refractivity contribution is 7.80. The van der Waals surface area contributed by atoms with E-state index in [0.717, 1.165) is 11.3 Å². The molecule has 154 valence electrons. The molecule has 0 amide bonds. The number of carbonyl (C=O) groups excluding carboxylic acids is 1. The first-order valence-electron chi connectivity index (χ1n) is 9.17. The number of thiocarbonyl (C=S) groups is 1. The van der Waals surface area contributed by atoms with Crippen molar-refractivity contribution in [3.05, 3.63) is 59.8 Å². The van der Waals surface area contributed by atoms with Crippen LogP contribution in [0.3, 0.4) is 0 Å². The molecule has 2 aromatic carbocycles. The number of esters is 1. The molecular weight excluding hydrogens is 404 g/mol. The average Bonchev–Trinajstić information content (AvgIpc) is 3.22. The Balaban J connectivity index is 1.60. The Morgan fingerprint density at radius 2 is 2.00 bits per heavy atom. The molecule has 0 saturated carbocycles. The van der Waals surface area contributed by atoms with Crippen molar-refractivity contribution < 1.29 is 19.0 Å². The van der Waals surface area contributed by atoms with E-state index in [-0.39, 0.29) is 19.0 Å². The minimum Gasteiger partial charge on any atom is -0.462 e. The van der Waals surface area contributed by atoms with E-state index in [1.807, 2.05) is 42.5 Å². The summed E-state index contributed by atoms with van der Waals surface area (Å²) in [5, 5.41) is 18.7. The number of hydrogen-bond acceptors (Lipinski definition) is 7. The van der Waals surface area contributed by atoms with Crippen LogP contribution in [0.2, 0.25) is 0 Å². The number of rotatable bonds is 7. The molecule has 9 heteroatoms. The van der Waals surface area contributed by atoms with Gasteiger partial charge in [-0.2, -0.15) is 5.26 Å². The van der Waals surface area contributed by atoms with Crippen LogP contribution in [-0.4, -0.2) is 24.5 Å². The molecule has 0 saturated heterocycles. The van der Waals surface area contributed by atoms with Crippen LogP contribution < -0.4 is 25.4 Å². The quantitative estimate of drug-likeness (QED) is 0.267. The molecule has 0 fully saturated rings. The summed E-state index contributed by atoms with van der Waals surface area (Å²) in [6.45, 7) is 2.60. The molecule has 1 heterocycles. The van der Waals surface area contributed by atoms with Crippen molar-refractivity contribution >= 4 is 34.7 Å². The summed E-state index contributed by atoms with van der Waals surface area (Å²) in [5.41, 5.74) is 2.18. The van der Waals surface area contributed by atoms with Gasteiger partial charge in [-0.1, -0.05) is 18.2 Å². The molecule has 0 radical (unpaired) electrons. The van der Waals surface area contributed by atoms with E-state index in [1.54, 1.807) is 13.0 Å². The fraction of sp³-hybridized carbons (Fsp3) is 0.190. The number of ether oxygens (including phenoxy) is 3. The van der Waals surface area contributed by atoms with Gasteiger partial charge >= 0.3 is 5.97 Å². The first-order chi connectivity index (χ1) is 14.6. The van der Waals surface area contributed by atoms with Crippen LogP contribution in [0.1, 0.15) is 12.5 Å². The third kappa shape index (κ3) is 5.40. The fourth-order valence-electron chi connectivity index (χ4n) is 2.61. The minimum absolute atomic E-state index is 0.129. The van der Waals surface area contributed by atoms with Crippen molar-refractivity contribution in [3.63, 3.8) is 0 Å². The molecule has 0 spiro atoms. The zero-order valence-corrected chi connectivity index (χ0v) is 17.0. The Labute approximate surface area is 179 Å². The van der Waals surface area contributed by atoms with Crippen LogP contribution in [0.5, 0.6) is 11.5 Å². The zero-order chi connectivity index (χ0) is 21.3. The van der Waals surface area contributed by atoms with Gasteiger partial charge in [0.1, 0.15) is 6.07 Å². The van der Waals surface area contributed by atoms with Gasteiger partial charge in [0, 0.05) is 12.7 Å². The number of carbonyl (C=O) groups is 1. The number of nitrogens with zero attached hydrogens (tertiary/aromatic N) is 1. The van der Waals surface area contributed by atoms with Gasteiger partial charge < -0.3 is 30.2 Å². The molecule has 0 aliphatic carbocycles. The van der Waals surface area contributed by atoms with Crippen molar-refractivity contribution in [2.24, 2.45) is 0 Å². The van der Waals surface area contributed by atoms with Crippen molar-refractivity contribution in [3.8, 4) is 17.6 Å². The van der Waals surface area contributed by atoms with Gasteiger partial charge in [-0.25, -0.2) is 4.79 Å². The zero-order valence-electron chi connectivity index (χ0n) is 16.2. The Morgan fingerprint density at radius 1 is 1.23 bits per heavy atom. The van der Waals surface area contributed by atoms with E-state index in [1.165, 1.54) is 6.20 Å². The third-order valence-electron chi connectivity index (χ3n) is 4.05. The summed E-state index contributed by atoms with van der Waals surface area (Å²) < 4.78 is 15.5. The Morgan fingerprint density at radius 3 is 2.77 bits per heavy atom. The second-order valence-electron chi connectivity index (χ2n) is 6.08. The molecule has 3 N–H and O–H groups in total. The highest BCUT2D eigenvalue weighted by Crippen LogP contribution is 2.32. The maximum Gasteiger partial charge on any atom is 0.350 e. The molecular formula is C21H20N4O4S. The van der Waals surface area contributed by atoms with Crippen molar-refractivity contribution in [2.45, 2.75) is 13.5 Å². The Hall–Kier alpha value is -3.77. The van der Waals surface area contributed by atoms with Gasteiger partial charge in [0.15, 0.2) is 22.2 Å². The molecule has 0 bridgehead atoms. The number of hydrogen-bond donors (Lipinski definition) is 3. The summed E-state index contributed by atoms with van der Waals surface area (Å²) in [5.74, 6) is 0.760. The van der Waals surface area contributed by atoms with Crippen LogP contribution in [0.25, 0.3) is 0 Å². The van der Waals surface area contributed by atoms with E-state index >= 15 is 0 Å². The van der Waals surface area contributed by atoms with Crippen LogP contribution in [0, 0.1) is 11.3 Å². The van der Waals surface area contributed by atoms with E-state index in [2.05, 4.69) is 16.0 Å². The van der Waals surface area contributed by atoms with Gasteiger partial charge in [0.05, 0.1) is 18.0 Å². The van der Waals surface area contributed by atoms with Gasteiger partial charge in [0.2, 0.25) is 6.79 Å². The maximum atomic E-state index is 11.7. The second kappa shape index (κ2) is 10.1.